The molecule has 1 aromatic rings. The normalized spacial score (nSPS) is 13.6. The number of carboxylic acids is 1. The number of amides is 1. The van der Waals surface area contributed by atoms with Gasteiger partial charge in [-0.2, -0.15) is 0 Å². The first-order valence-corrected chi connectivity index (χ1v) is 6.56. The van der Waals surface area contributed by atoms with Crippen LogP contribution < -0.4 is 5.32 Å². The van der Waals surface area contributed by atoms with Crippen LogP contribution in [0.15, 0.2) is 24.3 Å². The molecule has 2 unspecified atom stereocenters. The van der Waals surface area contributed by atoms with E-state index in [2.05, 4.69) is 19.2 Å². The fourth-order valence-electron chi connectivity index (χ4n) is 1.71. The molecule has 0 spiro atoms. The van der Waals surface area contributed by atoms with Gasteiger partial charge in [0.25, 0.3) is 0 Å². The summed E-state index contributed by atoms with van der Waals surface area (Å²) in [6.45, 7) is 5.81. The zero-order valence-corrected chi connectivity index (χ0v) is 11.6. The molecular weight excluding hydrogens is 242 g/mol. The Morgan fingerprint density at radius 3 is 2.26 bits per heavy atom. The molecule has 1 rings (SSSR count). The molecule has 0 radical (unpaired) electrons. The van der Waals surface area contributed by atoms with Crippen LogP contribution in [0.4, 0.5) is 5.69 Å². The van der Waals surface area contributed by atoms with E-state index in [9.17, 15) is 9.59 Å². The average molecular weight is 263 g/mol. The molecule has 0 heterocycles. The van der Waals surface area contributed by atoms with Gasteiger partial charge in [0.05, 0.1) is 5.92 Å². The van der Waals surface area contributed by atoms with Crippen LogP contribution in [0.5, 0.6) is 0 Å². The molecule has 104 valence electrons. The van der Waals surface area contributed by atoms with E-state index < -0.39 is 11.9 Å². The molecule has 2 N–H and O–H groups in total. The van der Waals surface area contributed by atoms with E-state index in [1.54, 1.807) is 0 Å². The highest BCUT2D eigenvalue weighted by Crippen LogP contribution is 2.20. The lowest BCUT2D eigenvalue weighted by atomic mass is 9.98. The van der Waals surface area contributed by atoms with E-state index in [-0.39, 0.29) is 12.3 Å². The number of carboxylic acid groups (broad SMARTS) is 1. The summed E-state index contributed by atoms with van der Waals surface area (Å²) in [4.78, 5) is 22.3. The van der Waals surface area contributed by atoms with Gasteiger partial charge in [0, 0.05) is 12.1 Å². The van der Waals surface area contributed by atoms with Crippen LogP contribution in [0.25, 0.3) is 0 Å². The van der Waals surface area contributed by atoms with Crippen molar-refractivity contribution >= 4 is 17.6 Å². The van der Waals surface area contributed by atoms with Crippen molar-refractivity contribution in [1.82, 2.24) is 0 Å². The van der Waals surface area contributed by atoms with Crippen molar-refractivity contribution in [2.24, 2.45) is 5.92 Å². The van der Waals surface area contributed by atoms with E-state index in [1.165, 1.54) is 12.5 Å². The Balaban J connectivity index is 2.58. The summed E-state index contributed by atoms with van der Waals surface area (Å²) in [5, 5.41) is 11.5. The summed E-state index contributed by atoms with van der Waals surface area (Å²) in [5.74, 6) is -1.40. The Bertz CT molecular complexity index is 439. The number of carbonyl (C=O) groups excluding carboxylic acids is 1. The lowest BCUT2D eigenvalue weighted by Gasteiger charge is -2.11. The van der Waals surface area contributed by atoms with E-state index in [0.29, 0.717) is 11.6 Å². The molecule has 0 aliphatic heterocycles. The molecule has 0 saturated carbocycles. The zero-order chi connectivity index (χ0) is 14.4. The predicted molar refractivity (Wildman–Crippen MR) is 75.2 cm³/mol. The van der Waals surface area contributed by atoms with Crippen LogP contribution in [0.2, 0.25) is 0 Å². The van der Waals surface area contributed by atoms with E-state index in [0.717, 1.165) is 6.42 Å². The smallest absolute Gasteiger partial charge is 0.306 e. The van der Waals surface area contributed by atoms with Gasteiger partial charge in [-0.05, 0) is 30.0 Å². The molecule has 1 aromatic carbocycles. The quantitative estimate of drug-likeness (QED) is 0.828. The van der Waals surface area contributed by atoms with E-state index >= 15 is 0 Å². The van der Waals surface area contributed by atoms with Crippen molar-refractivity contribution in [2.75, 3.05) is 5.32 Å². The number of benzene rings is 1. The average Bonchev–Trinajstić information content (AvgIpc) is 2.38. The van der Waals surface area contributed by atoms with Crippen molar-refractivity contribution in [2.45, 2.75) is 39.5 Å². The third kappa shape index (κ3) is 4.73. The number of carbonyl (C=O) groups is 2. The SMILES string of the molecule is CCC(C)c1ccc(NC(=O)CC(C)C(=O)O)cc1. The largest absolute Gasteiger partial charge is 0.481 e. The summed E-state index contributed by atoms with van der Waals surface area (Å²) in [6, 6.07) is 7.68. The monoisotopic (exact) mass is 263 g/mol. The van der Waals surface area contributed by atoms with Crippen molar-refractivity contribution < 1.29 is 14.7 Å². The lowest BCUT2D eigenvalue weighted by Crippen LogP contribution is -2.19. The molecule has 2 atom stereocenters. The number of rotatable bonds is 6. The Hall–Kier alpha value is -1.84. The van der Waals surface area contributed by atoms with Gasteiger partial charge in [0.1, 0.15) is 0 Å². The van der Waals surface area contributed by atoms with E-state index in [1.807, 2.05) is 24.3 Å². The molecule has 4 heteroatoms. The van der Waals surface area contributed by atoms with Gasteiger partial charge in [-0.25, -0.2) is 0 Å². The van der Waals surface area contributed by atoms with Gasteiger partial charge in [0.2, 0.25) is 5.91 Å². The molecule has 0 aliphatic rings. The van der Waals surface area contributed by atoms with Crippen LogP contribution in [-0.4, -0.2) is 17.0 Å². The van der Waals surface area contributed by atoms with Crippen molar-refractivity contribution in [3.8, 4) is 0 Å². The van der Waals surface area contributed by atoms with Crippen molar-refractivity contribution in [3.05, 3.63) is 29.8 Å². The Morgan fingerprint density at radius 1 is 1.21 bits per heavy atom. The maximum atomic E-state index is 11.6. The number of anilines is 1. The van der Waals surface area contributed by atoms with Gasteiger partial charge in [-0.3, -0.25) is 9.59 Å². The zero-order valence-electron chi connectivity index (χ0n) is 11.6. The Kier molecular flexibility index (Phi) is 5.55. The first-order valence-electron chi connectivity index (χ1n) is 6.56. The maximum absolute atomic E-state index is 11.6. The second-order valence-corrected chi connectivity index (χ2v) is 4.92. The van der Waals surface area contributed by atoms with Crippen LogP contribution in [0, 0.1) is 5.92 Å². The lowest BCUT2D eigenvalue weighted by molar-refractivity contribution is -0.142. The third-order valence-corrected chi connectivity index (χ3v) is 3.29. The Labute approximate surface area is 113 Å². The van der Waals surface area contributed by atoms with Crippen LogP contribution in [0.3, 0.4) is 0 Å². The second-order valence-electron chi connectivity index (χ2n) is 4.92. The molecule has 0 fully saturated rings. The van der Waals surface area contributed by atoms with Crippen LogP contribution in [0.1, 0.15) is 45.1 Å². The van der Waals surface area contributed by atoms with Gasteiger partial charge < -0.3 is 10.4 Å². The summed E-state index contributed by atoms with van der Waals surface area (Å²) in [7, 11) is 0. The highest BCUT2D eigenvalue weighted by Gasteiger charge is 2.15. The molecule has 19 heavy (non-hydrogen) atoms. The summed E-state index contributed by atoms with van der Waals surface area (Å²) in [6.07, 6.45) is 1.06. The number of hydrogen-bond donors (Lipinski definition) is 2. The summed E-state index contributed by atoms with van der Waals surface area (Å²) < 4.78 is 0. The maximum Gasteiger partial charge on any atom is 0.306 e. The fraction of sp³-hybridized carbons (Fsp3) is 0.467. The van der Waals surface area contributed by atoms with Crippen molar-refractivity contribution in [3.63, 3.8) is 0 Å². The fourth-order valence-corrected chi connectivity index (χ4v) is 1.71. The first-order chi connectivity index (χ1) is 8.93. The number of nitrogens with one attached hydrogen (secondary N) is 1. The molecule has 0 bridgehead atoms. The second kappa shape index (κ2) is 6.92. The summed E-state index contributed by atoms with van der Waals surface area (Å²) >= 11 is 0. The first kappa shape index (κ1) is 15.2. The number of aliphatic carboxylic acids is 1. The topological polar surface area (TPSA) is 66.4 Å². The van der Waals surface area contributed by atoms with Gasteiger partial charge in [-0.15, -0.1) is 0 Å². The Morgan fingerprint density at radius 2 is 1.79 bits per heavy atom. The summed E-state index contributed by atoms with van der Waals surface area (Å²) in [5.41, 5.74) is 1.94. The van der Waals surface area contributed by atoms with Gasteiger partial charge >= 0.3 is 5.97 Å². The van der Waals surface area contributed by atoms with E-state index in [4.69, 9.17) is 5.11 Å². The molecule has 0 saturated heterocycles. The predicted octanol–water partition coefficient (Wildman–Crippen LogP) is 3.25. The third-order valence-electron chi connectivity index (χ3n) is 3.29. The minimum Gasteiger partial charge on any atom is -0.481 e. The molecule has 0 aromatic heterocycles. The molecular formula is C15H21NO3. The van der Waals surface area contributed by atoms with Crippen molar-refractivity contribution in [1.29, 1.82) is 0 Å². The molecule has 4 nitrogen and oxygen atoms in total. The minimum absolute atomic E-state index is 0.0115. The van der Waals surface area contributed by atoms with Crippen LogP contribution >= 0.6 is 0 Å². The molecule has 0 aliphatic carbocycles. The van der Waals surface area contributed by atoms with Crippen LogP contribution in [-0.2, 0) is 9.59 Å². The minimum atomic E-state index is -0.956. The number of hydrogen-bond acceptors (Lipinski definition) is 2. The highest BCUT2D eigenvalue weighted by molar-refractivity contribution is 5.92. The van der Waals surface area contributed by atoms with Gasteiger partial charge in [0.15, 0.2) is 0 Å². The standard InChI is InChI=1S/C15H21NO3/c1-4-10(2)12-5-7-13(8-6-12)16-14(17)9-11(3)15(18)19/h5-8,10-11H,4,9H2,1-3H3,(H,16,17)(H,18,19). The molecule has 1 amide bonds. The van der Waals surface area contributed by atoms with Gasteiger partial charge in [-0.1, -0.05) is 32.9 Å². The highest BCUT2D eigenvalue weighted by atomic mass is 16.4.